The van der Waals surface area contributed by atoms with Gasteiger partial charge in [-0.1, -0.05) is 121 Å². The maximum Gasteiger partial charge on any atom is 0.0362 e. The molecule has 0 aliphatic carbocycles. The minimum atomic E-state index is 1.09. The third kappa shape index (κ3) is 4.92. The van der Waals surface area contributed by atoms with E-state index in [0.29, 0.717) is 0 Å². The number of benzene rings is 10. The lowest BCUT2D eigenvalue weighted by Gasteiger charge is -2.17. The van der Waals surface area contributed by atoms with E-state index in [2.05, 4.69) is 168 Å². The quantitative estimate of drug-likeness (QED) is 0.167. The van der Waals surface area contributed by atoms with Crippen LogP contribution < -0.4 is 0 Å². The standard InChI is InChI=1S/C56H32N2S/c1-3-11-45-43(9-1)44-10-2-4-12-46(44)51-30-54-52(29-50(45)51)47-20-17-35(28-53(47)59-54)41-18-13-33-16-22-49-42(19-14-34-15-21-48(41)55(33)56(34)49)40-26-38(36-7-5-23-57-31-36)25-39(27-40)37-8-6-24-58-32-37/h1-32H. The molecule has 10 aromatic carbocycles. The van der Waals surface area contributed by atoms with E-state index in [4.69, 9.17) is 0 Å². The lowest BCUT2D eigenvalue weighted by molar-refractivity contribution is 1.32. The number of pyridine rings is 2. The Morgan fingerprint density at radius 3 is 1.36 bits per heavy atom. The minimum Gasteiger partial charge on any atom is -0.264 e. The Kier molecular flexibility index (Phi) is 6.92. The summed E-state index contributed by atoms with van der Waals surface area (Å²) in [5, 5.41) is 18.2. The van der Waals surface area contributed by atoms with Crippen molar-refractivity contribution in [2.45, 2.75) is 0 Å². The van der Waals surface area contributed by atoms with Crippen molar-refractivity contribution in [1.82, 2.24) is 9.97 Å². The zero-order valence-corrected chi connectivity index (χ0v) is 32.6. The first-order chi connectivity index (χ1) is 29.2. The fourth-order valence-electron chi connectivity index (χ4n) is 9.83. The molecular weight excluding hydrogens is 733 g/mol. The predicted octanol–water partition coefficient (Wildman–Crippen LogP) is 15.9. The normalized spacial score (nSPS) is 12.1. The molecule has 0 N–H and O–H groups in total. The molecule has 3 aromatic heterocycles. The van der Waals surface area contributed by atoms with Crippen molar-refractivity contribution >= 4 is 96.1 Å². The second kappa shape index (κ2) is 12.5. The zero-order valence-electron chi connectivity index (χ0n) is 31.8. The van der Waals surface area contributed by atoms with Crippen molar-refractivity contribution in [1.29, 1.82) is 0 Å². The smallest absolute Gasteiger partial charge is 0.0362 e. The molecule has 0 bridgehead atoms. The largest absolute Gasteiger partial charge is 0.264 e. The van der Waals surface area contributed by atoms with Gasteiger partial charge in [-0.15, -0.1) is 11.3 Å². The minimum absolute atomic E-state index is 1.09. The molecular formula is C56H32N2S. The van der Waals surface area contributed by atoms with Crippen LogP contribution >= 0.6 is 11.3 Å². The molecule has 3 heteroatoms. The van der Waals surface area contributed by atoms with Gasteiger partial charge < -0.3 is 0 Å². The van der Waals surface area contributed by atoms with E-state index in [1.807, 2.05) is 48.3 Å². The molecule has 0 radical (unpaired) electrons. The predicted molar refractivity (Wildman–Crippen MR) is 253 cm³/mol. The fraction of sp³-hybridized carbons (Fsp3) is 0. The number of nitrogens with zero attached hydrogens (tertiary/aromatic N) is 2. The molecule has 272 valence electrons. The Morgan fingerprint density at radius 2 is 0.780 bits per heavy atom. The van der Waals surface area contributed by atoms with Gasteiger partial charge in [-0.3, -0.25) is 9.97 Å². The number of thiophene rings is 1. The van der Waals surface area contributed by atoms with Crippen LogP contribution in [0.4, 0.5) is 0 Å². The van der Waals surface area contributed by atoms with Crippen LogP contribution in [0.15, 0.2) is 195 Å². The monoisotopic (exact) mass is 764 g/mol. The van der Waals surface area contributed by atoms with Crippen LogP contribution in [0.5, 0.6) is 0 Å². The van der Waals surface area contributed by atoms with E-state index < -0.39 is 0 Å². The Labute approximate surface area is 343 Å². The van der Waals surface area contributed by atoms with Crippen molar-refractivity contribution in [2.75, 3.05) is 0 Å². The highest BCUT2D eigenvalue weighted by atomic mass is 32.1. The molecule has 0 saturated heterocycles. The van der Waals surface area contributed by atoms with Crippen molar-refractivity contribution in [3.63, 3.8) is 0 Å². The van der Waals surface area contributed by atoms with Crippen molar-refractivity contribution in [3.05, 3.63) is 195 Å². The molecule has 0 saturated carbocycles. The molecule has 0 amide bonds. The van der Waals surface area contributed by atoms with E-state index in [0.717, 1.165) is 22.3 Å². The van der Waals surface area contributed by atoms with Crippen LogP contribution in [0, 0.1) is 0 Å². The van der Waals surface area contributed by atoms with E-state index in [-0.39, 0.29) is 0 Å². The Hall–Kier alpha value is -7.46. The Morgan fingerprint density at radius 1 is 0.288 bits per heavy atom. The summed E-state index contributed by atoms with van der Waals surface area (Å²) in [6.07, 6.45) is 7.55. The van der Waals surface area contributed by atoms with Crippen LogP contribution in [0.3, 0.4) is 0 Å². The molecule has 0 atom stereocenters. The van der Waals surface area contributed by atoms with E-state index in [9.17, 15) is 0 Å². The van der Waals surface area contributed by atoms with Gasteiger partial charge in [0.05, 0.1) is 0 Å². The van der Waals surface area contributed by atoms with Gasteiger partial charge in [0.1, 0.15) is 0 Å². The molecule has 13 aromatic rings. The van der Waals surface area contributed by atoms with Crippen molar-refractivity contribution < 1.29 is 0 Å². The third-order valence-corrected chi connectivity index (χ3v) is 13.7. The highest BCUT2D eigenvalue weighted by Gasteiger charge is 2.18. The summed E-state index contributed by atoms with van der Waals surface area (Å²) in [5.74, 6) is 0. The molecule has 3 heterocycles. The molecule has 2 nitrogen and oxygen atoms in total. The van der Waals surface area contributed by atoms with Crippen LogP contribution in [-0.2, 0) is 0 Å². The van der Waals surface area contributed by atoms with Gasteiger partial charge in [-0.25, -0.2) is 0 Å². The summed E-state index contributed by atoms with van der Waals surface area (Å²) in [6.45, 7) is 0. The van der Waals surface area contributed by atoms with E-state index in [1.165, 1.54) is 107 Å². The second-order valence-corrected chi connectivity index (χ2v) is 16.8. The van der Waals surface area contributed by atoms with E-state index >= 15 is 0 Å². The lowest BCUT2D eigenvalue weighted by Crippen LogP contribution is -1.91. The maximum absolute atomic E-state index is 4.45. The molecule has 0 aliphatic heterocycles. The number of aromatic nitrogens is 2. The fourth-order valence-corrected chi connectivity index (χ4v) is 11.0. The average Bonchev–Trinajstić information content (AvgIpc) is 3.67. The first-order valence-electron chi connectivity index (χ1n) is 20.1. The maximum atomic E-state index is 4.45. The van der Waals surface area contributed by atoms with Gasteiger partial charge in [0.15, 0.2) is 0 Å². The molecule has 13 rings (SSSR count). The molecule has 59 heavy (non-hydrogen) atoms. The van der Waals surface area contributed by atoms with Gasteiger partial charge >= 0.3 is 0 Å². The van der Waals surface area contributed by atoms with Crippen LogP contribution in [-0.4, -0.2) is 9.97 Å². The summed E-state index contributed by atoms with van der Waals surface area (Å²) in [7, 11) is 0. The van der Waals surface area contributed by atoms with Crippen molar-refractivity contribution in [2.24, 2.45) is 0 Å². The Bertz CT molecular complexity index is 3770. The third-order valence-electron chi connectivity index (χ3n) is 12.5. The first kappa shape index (κ1) is 32.6. The van der Waals surface area contributed by atoms with Gasteiger partial charge in [0.2, 0.25) is 0 Å². The number of hydrogen-bond donors (Lipinski definition) is 0. The van der Waals surface area contributed by atoms with Gasteiger partial charge in [-0.2, -0.15) is 0 Å². The highest BCUT2D eigenvalue weighted by Crippen LogP contribution is 2.46. The summed E-state index contributed by atoms with van der Waals surface area (Å²) in [4.78, 5) is 8.90. The summed E-state index contributed by atoms with van der Waals surface area (Å²) >= 11 is 1.90. The van der Waals surface area contributed by atoms with Crippen molar-refractivity contribution in [3.8, 4) is 44.5 Å². The molecule has 0 aliphatic rings. The SMILES string of the molecule is c1cncc(-c2cc(-c3cccnc3)cc(-c3ccc4ccc5c(-c6ccc7c(c6)sc6cc8c9ccccc9c9ccccc9c8cc67)ccc6ccc3c4c65)c2)c1. The zero-order chi connectivity index (χ0) is 38.6. The molecule has 0 unspecified atom stereocenters. The van der Waals surface area contributed by atoms with E-state index in [1.54, 1.807) is 0 Å². The van der Waals surface area contributed by atoms with Gasteiger partial charge in [-0.05, 0) is 147 Å². The Balaban J connectivity index is 0.996. The van der Waals surface area contributed by atoms with Crippen LogP contribution in [0.1, 0.15) is 0 Å². The number of hydrogen-bond acceptors (Lipinski definition) is 3. The summed E-state index contributed by atoms with van der Waals surface area (Å²) < 4.78 is 2.64. The lowest BCUT2D eigenvalue weighted by atomic mass is 9.86. The average molecular weight is 765 g/mol. The summed E-state index contributed by atoms with van der Waals surface area (Å²) in [6, 6.07) is 63.3. The second-order valence-electron chi connectivity index (χ2n) is 15.7. The topological polar surface area (TPSA) is 25.8 Å². The van der Waals surface area contributed by atoms with Crippen LogP contribution in [0.2, 0.25) is 0 Å². The first-order valence-corrected chi connectivity index (χ1v) is 20.9. The number of fused-ring (bicyclic) bond motifs is 9. The summed E-state index contributed by atoms with van der Waals surface area (Å²) in [5.41, 5.74) is 9.34. The van der Waals surface area contributed by atoms with Gasteiger partial charge in [0, 0.05) is 56.1 Å². The molecule has 0 fully saturated rings. The van der Waals surface area contributed by atoms with Crippen LogP contribution in [0.25, 0.3) is 129 Å². The van der Waals surface area contributed by atoms with Gasteiger partial charge in [0.25, 0.3) is 0 Å². The number of rotatable bonds is 4. The highest BCUT2D eigenvalue weighted by molar-refractivity contribution is 7.26. The molecule has 0 spiro atoms.